The Hall–Kier alpha value is -1.26. The van der Waals surface area contributed by atoms with Gasteiger partial charge >= 0.3 is 0 Å². The fourth-order valence-corrected chi connectivity index (χ4v) is 3.05. The molecule has 1 aliphatic rings. The highest BCUT2D eigenvalue weighted by molar-refractivity contribution is 6.31. The number of rotatable bonds is 4. The van der Waals surface area contributed by atoms with E-state index in [1.807, 2.05) is 17.9 Å². The summed E-state index contributed by atoms with van der Waals surface area (Å²) in [6, 6.07) is 5.38. The fourth-order valence-electron chi connectivity index (χ4n) is 2.82. The lowest BCUT2D eigenvalue weighted by atomic mass is 9.82. The molecule has 1 aliphatic heterocycles. The van der Waals surface area contributed by atoms with Crippen LogP contribution < -0.4 is 4.74 Å². The second-order valence-corrected chi connectivity index (χ2v) is 6.39. The Bertz CT molecular complexity index is 520. The van der Waals surface area contributed by atoms with Crippen molar-refractivity contribution in [2.45, 2.75) is 26.2 Å². The van der Waals surface area contributed by atoms with Crippen molar-refractivity contribution in [1.29, 1.82) is 0 Å². The summed E-state index contributed by atoms with van der Waals surface area (Å²) in [5, 5.41) is 10.0. The van der Waals surface area contributed by atoms with Crippen LogP contribution in [0.15, 0.2) is 18.2 Å². The molecule has 1 saturated heterocycles. The summed E-state index contributed by atoms with van der Waals surface area (Å²) in [6.45, 7) is 3.45. The molecule has 0 radical (unpaired) electrons. The molecule has 116 valence electrons. The fraction of sp³-hybridized carbons (Fsp3) is 0.562. The molecule has 1 amide bonds. The van der Waals surface area contributed by atoms with Crippen molar-refractivity contribution in [3.8, 4) is 5.75 Å². The molecule has 1 fully saturated rings. The van der Waals surface area contributed by atoms with Crippen LogP contribution in [0.4, 0.5) is 0 Å². The average Bonchev–Trinajstić information content (AvgIpc) is 2.49. The zero-order chi connectivity index (χ0) is 15.5. The third-order valence-corrected chi connectivity index (χ3v) is 4.49. The number of benzene rings is 1. The summed E-state index contributed by atoms with van der Waals surface area (Å²) in [6.07, 6.45) is 2.09. The molecule has 0 saturated carbocycles. The number of hydrogen-bond acceptors (Lipinski definition) is 3. The van der Waals surface area contributed by atoms with Crippen LogP contribution in [-0.4, -0.2) is 42.7 Å². The summed E-state index contributed by atoms with van der Waals surface area (Å²) in [5.41, 5.74) is 0.529. The molecule has 0 aliphatic carbocycles. The van der Waals surface area contributed by atoms with E-state index in [4.69, 9.17) is 16.3 Å². The van der Waals surface area contributed by atoms with Crippen molar-refractivity contribution in [2.24, 2.45) is 5.41 Å². The Balaban J connectivity index is 2.12. The first kappa shape index (κ1) is 16.1. The Morgan fingerprint density at radius 1 is 1.52 bits per heavy atom. The molecule has 2 rings (SSSR count). The van der Waals surface area contributed by atoms with Gasteiger partial charge in [-0.25, -0.2) is 0 Å². The Labute approximate surface area is 130 Å². The lowest BCUT2D eigenvalue weighted by molar-refractivity contribution is -0.134. The van der Waals surface area contributed by atoms with Crippen LogP contribution in [0.25, 0.3) is 0 Å². The molecule has 0 aromatic heterocycles. The van der Waals surface area contributed by atoms with Crippen molar-refractivity contribution in [3.63, 3.8) is 0 Å². The summed E-state index contributed by atoms with van der Waals surface area (Å²) in [5.74, 6) is 0.665. The summed E-state index contributed by atoms with van der Waals surface area (Å²) < 4.78 is 5.28. The number of amides is 1. The minimum Gasteiger partial charge on any atom is -0.496 e. The molecular formula is C16H22ClNO3. The molecule has 0 bridgehead atoms. The molecule has 1 N–H and O–H groups in total. The number of carbonyl (C=O) groups is 1. The van der Waals surface area contributed by atoms with Crippen LogP contribution in [0.3, 0.4) is 0 Å². The predicted octanol–water partition coefficient (Wildman–Crippen LogP) is 2.51. The molecule has 0 spiro atoms. The molecule has 1 aromatic carbocycles. The average molecular weight is 312 g/mol. The predicted molar refractivity (Wildman–Crippen MR) is 82.7 cm³/mol. The molecule has 1 atom stereocenters. The smallest absolute Gasteiger partial charge is 0.227 e. The number of halogens is 1. The number of aliphatic hydroxyl groups excluding tert-OH is 1. The number of hydrogen-bond donors (Lipinski definition) is 1. The quantitative estimate of drug-likeness (QED) is 0.929. The first-order valence-electron chi connectivity index (χ1n) is 7.19. The van der Waals surface area contributed by atoms with Crippen LogP contribution in [0, 0.1) is 5.41 Å². The number of likely N-dealkylation sites (tertiary alicyclic amines) is 1. The highest BCUT2D eigenvalue weighted by Gasteiger charge is 2.32. The maximum Gasteiger partial charge on any atom is 0.227 e. The van der Waals surface area contributed by atoms with Crippen LogP contribution in [0.5, 0.6) is 5.75 Å². The summed E-state index contributed by atoms with van der Waals surface area (Å²) in [4.78, 5) is 14.3. The third-order valence-electron chi connectivity index (χ3n) is 4.14. The van der Waals surface area contributed by atoms with Crippen LogP contribution in [0.2, 0.25) is 5.02 Å². The van der Waals surface area contributed by atoms with Crippen molar-refractivity contribution >= 4 is 17.5 Å². The van der Waals surface area contributed by atoms with E-state index in [9.17, 15) is 9.90 Å². The Morgan fingerprint density at radius 3 is 2.95 bits per heavy atom. The normalized spacial score (nSPS) is 22.2. The molecule has 0 unspecified atom stereocenters. The lowest BCUT2D eigenvalue weighted by Crippen LogP contribution is -2.46. The SMILES string of the molecule is COc1cccc(Cl)c1CC(=O)N1CCC[C@](C)(CO)C1. The molecule has 1 heterocycles. The highest BCUT2D eigenvalue weighted by atomic mass is 35.5. The standard InChI is InChI=1S/C16H22ClNO3/c1-16(11-19)7-4-8-18(10-16)15(20)9-12-13(17)5-3-6-14(12)21-2/h3,5-6,19H,4,7-11H2,1-2H3/t16-/m0/s1. The van der Waals surface area contributed by atoms with Crippen molar-refractivity contribution in [3.05, 3.63) is 28.8 Å². The van der Waals surface area contributed by atoms with Gasteiger partial charge < -0.3 is 14.7 Å². The van der Waals surface area contributed by atoms with Gasteiger partial charge in [-0.05, 0) is 25.0 Å². The molecule has 21 heavy (non-hydrogen) atoms. The van der Waals surface area contributed by atoms with Crippen molar-refractivity contribution in [2.75, 3.05) is 26.8 Å². The number of carbonyl (C=O) groups excluding carboxylic acids is 1. The first-order chi connectivity index (χ1) is 9.99. The molecule has 4 nitrogen and oxygen atoms in total. The minimum absolute atomic E-state index is 0.0285. The number of aliphatic hydroxyl groups is 1. The van der Waals surface area contributed by atoms with Crippen LogP contribution in [-0.2, 0) is 11.2 Å². The van der Waals surface area contributed by atoms with Gasteiger partial charge in [0, 0.05) is 29.1 Å². The maximum absolute atomic E-state index is 12.5. The maximum atomic E-state index is 12.5. The summed E-state index contributed by atoms with van der Waals surface area (Å²) >= 11 is 6.18. The van der Waals surface area contributed by atoms with Gasteiger partial charge in [-0.15, -0.1) is 0 Å². The van der Waals surface area contributed by atoms with Crippen LogP contribution >= 0.6 is 11.6 Å². The van der Waals surface area contributed by atoms with Gasteiger partial charge in [0.05, 0.1) is 20.1 Å². The van der Waals surface area contributed by atoms with E-state index in [0.29, 0.717) is 17.3 Å². The lowest BCUT2D eigenvalue weighted by Gasteiger charge is -2.39. The van der Waals surface area contributed by atoms with E-state index >= 15 is 0 Å². The summed E-state index contributed by atoms with van der Waals surface area (Å²) in [7, 11) is 1.57. The minimum atomic E-state index is -0.196. The van der Waals surface area contributed by atoms with E-state index in [2.05, 4.69) is 0 Å². The van der Waals surface area contributed by atoms with Gasteiger partial charge in [0.1, 0.15) is 5.75 Å². The Kier molecular flexibility index (Phi) is 5.12. The first-order valence-corrected chi connectivity index (χ1v) is 7.57. The number of nitrogens with zero attached hydrogens (tertiary/aromatic N) is 1. The monoisotopic (exact) mass is 311 g/mol. The molecule has 1 aromatic rings. The largest absolute Gasteiger partial charge is 0.496 e. The third kappa shape index (κ3) is 3.69. The van der Waals surface area contributed by atoms with Crippen molar-refractivity contribution in [1.82, 2.24) is 4.90 Å². The highest BCUT2D eigenvalue weighted by Crippen LogP contribution is 2.31. The van der Waals surface area contributed by atoms with E-state index < -0.39 is 0 Å². The van der Waals surface area contributed by atoms with E-state index in [0.717, 1.165) is 24.9 Å². The van der Waals surface area contributed by atoms with Gasteiger partial charge in [-0.1, -0.05) is 24.6 Å². The van der Waals surface area contributed by atoms with E-state index in [1.54, 1.807) is 19.2 Å². The second kappa shape index (κ2) is 6.67. The van der Waals surface area contributed by atoms with E-state index in [1.165, 1.54) is 0 Å². The Morgan fingerprint density at radius 2 is 2.29 bits per heavy atom. The number of methoxy groups -OCH3 is 1. The number of ether oxygens (including phenoxy) is 1. The topological polar surface area (TPSA) is 49.8 Å². The van der Waals surface area contributed by atoms with Gasteiger partial charge in [0.2, 0.25) is 5.91 Å². The zero-order valence-corrected chi connectivity index (χ0v) is 13.3. The zero-order valence-electron chi connectivity index (χ0n) is 12.6. The van der Waals surface area contributed by atoms with Gasteiger partial charge in [-0.2, -0.15) is 0 Å². The van der Waals surface area contributed by atoms with Gasteiger partial charge in [0.25, 0.3) is 0 Å². The van der Waals surface area contributed by atoms with Gasteiger partial charge in [-0.3, -0.25) is 4.79 Å². The molecular weight excluding hydrogens is 290 g/mol. The number of piperidine rings is 1. The van der Waals surface area contributed by atoms with Crippen molar-refractivity contribution < 1.29 is 14.6 Å². The second-order valence-electron chi connectivity index (χ2n) is 5.99. The molecule has 5 heteroatoms. The van der Waals surface area contributed by atoms with Gasteiger partial charge in [0.15, 0.2) is 0 Å². The van der Waals surface area contributed by atoms with Crippen LogP contribution in [0.1, 0.15) is 25.3 Å². The van der Waals surface area contributed by atoms with E-state index in [-0.39, 0.29) is 24.3 Å².